The summed E-state index contributed by atoms with van der Waals surface area (Å²) >= 11 is 0. The molecule has 0 aliphatic heterocycles. The van der Waals surface area contributed by atoms with Gasteiger partial charge in [-0.1, -0.05) is 12.1 Å². The Kier molecular flexibility index (Phi) is 9.03. The molecule has 3 rings (SSSR count). The van der Waals surface area contributed by atoms with Gasteiger partial charge < -0.3 is 29.0 Å². The lowest BCUT2D eigenvalue weighted by Gasteiger charge is -2.14. The predicted octanol–water partition coefficient (Wildman–Crippen LogP) is 4.66. The predicted molar refractivity (Wildman–Crippen MR) is 131 cm³/mol. The zero-order valence-corrected chi connectivity index (χ0v) is 20.1. The minimum absolute atomic E-state index is 0.161. The standard InChI is InChI=1S/C27H31NO6/c1-5-33-24-12-10-20(16-21(24)18-34-23-8-6-7-22(17-23)30-2)27(29)28-14-13-19-9-11-25(31-3)26(15-19)32-4/h6-12,15-17H,5,13-14,18H2,1-4H3,(H,28,29). The van der Waals surface area contributed by atoms with E-state index in [0.717, 1.165) is 11.1 Å². The average molecular weight is 466 g/mol. The van der Waals surface area contributed by atoms with Gasteiger partial charge in [0.25, 0.3) is 5.91 Å². The van der Waals surface area contributed by atoms with Crippen molar-refractivity contribution in [1.82, 2.24) is 5.32 Å². The second-order valence-corrected chi connectivity index (χ2v) is 7.42. The SMILES string of the molecule is CCOc1ccc(C(=O)NCCc2ccc(OC)c(OC)c2)cc1COc1cccc(OC)c1. The van der Waals surface area contributed by atoms with Crippen molar-refractivity contribution in [3.8, 4) is 28.7 Å². The van der Waals surface area contributed by atoms with Crippen LogP contribution < -0.4 is 29.0 Å². The van der Waals surface area contributed by atoms with E-state index in [1.165, 1.54) is 0 Å². The maximum atomic E-state index is 12.8. The number of carbonyl (C=O) groups excluding carboxylic acids is 1. The molecule has 0 heterocycles. The Morgan fingerprint density at radius 3 is 2.29 bits per heavy atom. The molecule has 34 heavy (non-hydrogen) atoms. The zero-order valence-electron chi connectivity index (χ0n) is 20.1. The van der Waals surface area contributed by atoms with Crippen LogP contribution in [0.2, 0.25) is 0 Å². The molecule has 0 saturated carbocycles. The van der Waals surface area contributed by atoms with Crippen LogP contribution in [0.25, 0.3) is 0 Å². The highest BCUT2D eigenvalue weighted by atomic mass is 16.5. The highest BCUT2D eigenvalue weighted by Gasteiger charge is 2.12. The summed E-state index contributed by atoms with van der Waals surface area (Å²) in [4.78, 5) is 12.8. The van der Waals surface area contributed by atoms with Crippen molar-refractivity contribution in [2.75, 3.05) is 34.5 Å². The number of hydrogen-bond donors (Lipinski definition) is 1. The van der Waals surface area contributed by atoms with E-state index < -0.39 is 0 Å². The molecule has 0 radical (unpaired) electrons. The molecule has 0 spiro atoms. The molecule has 0 aliphatic carbocycles. The molecule has 0 atom stereocenters. The first-order chi connectivity index (χ1) is 16.6. The molecule has 1 N–H and O–H groups in total. The van der Waals surface area contributed by atoms with Gasteiger partial charge in [0.1, 0.15) is 23.9 Å². The van der Waals surface area contributed by atoms with Crippen molar-refractivity contribution in [1.29, 1.82) is 0 Å². The van der Waals surface area contributed by atoms with Gasteiger partial charge in [0.2, 0.25) is 0 Å². The summed E-state index contributed by atoms with van der Waals surface area (Å²) in [6.07, 6.45) is 0.662. The largest absolute Gasteiger partial charge is 0.497 e. The van der Waals surface area contributed by atoms with Gasteiger partial charge in [-0.2, -0.15) is 0 Å². The van der Waals surface area contributed by atoms with E-state index in [4.69, 9.17) is 23.7 Å². The zero-order chi connectivity index (χ0) is 24.3. The van der Waals surface area contributed by atoms with E-state index in [1.807, 2.05) is 49.4 Å². The van der Waals surface area contributed by atoms with Crippen molar-refractivity contribution in [3.05, 3.63) is 77.4 Å². The lowest BCUT2D eigenvalue weighted by molar-refractivity contribution is 0.0954. The van der Waals surface area contributed by atoms with Crippen LogP contribution in [0.3, 0.4) is 0 Å². The summed E-state index contributed by atoms with van der Waals surface area (Å²) in [6.45, 7) is 3.18. The van der Waals surface area contributed by atoms with Crippen molar-refractivity contribution >= 4 is 5.91 Å². The van der Waals surface area contributed by atoms with Gasteiger partial charge in [0, 0.05) is 23.7 Å². The first kappa shape index (κ1) is 24.8. The summed E-state index contributed by atoms with van der Waals surface area (Å²) in [5.41, 5.74) is 2.37. The number of methoxy groups -OCH3 is 3. The first-order valence-electron chi connectivity index (χ1n) is 11.1. The summed E-state index contributed by atoms with van der Waals surface area (Å²) in [7, 11) is 4.81. The number of amides is 1. The quantitative estimate of drug-likeness (QED) is 0.419. The summed E-state index contributed by atoms with van der Waals surface area (Å²) in [5.74, 6) is 3.25. The molecule has 7 heteroatoms. The molecule has 180 valence electrons. The topological polar surface area (TPSA) is 75.3 Å². The molecule has 0 aliphatic rings. The third-order valence-electron chi connectivity index (χ3n) is 5.21. The van der Waals surface area contributed by atoms with E-state index in [1.54, 1.807) is 39.5 Å². The Labute approximate surface area is 200 Å². The van der Waals surface area contributed by atoms with Crippen LogP contribution in [0.4, 0.5) is 0 Å². The highest BCUT2D eigenvalue weighted by Crippen LogP contribution is 2.28. The van der Waals surface area contributed by atoms with E-state index in [0.29, 0.717) is 53.9 Å². The monoisotopic (exact) mass is 465 g/mol. The second-order valence-electron chi connectivity index (χ2n) is 7.42. The van der Waals surface area contributed by atoms with Gasteiger partial charge >= 0.3 is 0 Å². The molecule has 0 unspecified atom stereocenters. The maximum absolute atomic E-state index is 12.8. The molecule has 0 saturated heterocycles. The fourth-order valence-electron chi connectivity index (χ4n) is 3.44. The summed E-state index contributed by atoms with van der Waals surface area (Å²) in [6, 6.07) is 18.5. The van der Waals surface area contributed by atoms with Crippen LogP contribution in [-0.4, -0.2) is 40.4 Å². The second kappa shape index (κ2) is 12.4. The van der Waals surface area contributed by atoms with Gasteiger partial charge in [-0.3, -0.25) is 4.79 Å². The van der Waals surface area contributed by atoms with E-state index in [-0.39, 0.29) is 12.5 Å². The normalized spacial score (nSPS) is 10.4. The van der Waals surface area contributed by atoms with Crippen molar-refractivity contribution in [3.63, 3.8) is 0 Å². The van der Waals surface area contributed by atoms with E-state index in [9.17, 15) is 4.79 Å². The Hall–Kier alpha value is -3.87. The molecule has 7 nitrogen and oxygen atoms in total. The third kappa shape index (κ3) is 6.57. The molecule has 0 aromatic heterocycles. The molecule has 3 aromatic rings. The number of carbonyl (C=O) groups is 1. The molecule has 3 aromatic carbocycles. The maximum Gasteiger partial charge on any atom is 0.251 e. The Bertz CT molecular complexity index is 1100. The van der Waals surface area contributed by atoms with Crippen LogP contribution in [0.5, 0.6) is 28.7 Å². The van der Waals surface area contributed by atoms with Crippen LogP contribution in [0, 0.1) is 0 Å². The molecular formula is C27H31NO6. The van der Waals surface area contributed by atoms with Gasteiger partial charge in [0.05, 0.1) is 27.9 Å². The van der Waals surface area contributed by atoms with Gasteiger partial charge in [-0.25, -0.2) is 0 Å². The Morgan fingerprint density at radius 1 is 0.794 bits per heavy atom. The van der Waals surface area contributed by atoms with Gasteiger partial charge in [-0.15, -0.1) is 0 Å². The van der Waals surface area contributed by atoms with Gasteiger partial charge in [0.15, 0.2) is 11.5 Å². The Balaban J connectivity index is 1.64. The molecule has 0 bridgehead atoms. The van der Waals surface area contributed by atoms with Crippen molar-refractivity contribution in [2.24, 2.45) is 0 Å². The van der Waals surface area contributed by atoms with Crippen LogP contribution in [0.15, 0.2) is 60.7 Å². The van der Waals surface area contributed by atoms with E-state index >= 15 is 0 Å². The van der Waals surface area contributed by atoms with Crippen LogP contribution >= 0.6 is 0 Å². The van der Waals surface area contributed by atoms with Gasteiger partial charge in [-0.05, 0) is 61.4 Å². The van der Waals surface area contributed by atoms with Crippen molar-refractivity contribution < 1.29 is 28.5 Å². The lowest BCUT2D eigenvalue weighted by atomic mass is 10.1. The Morgan fingerprint density at radius 2 is 1.56 bits per heavy atom. The highest BCUT2D eigenvalue weighted by molar-refractivity contribution is 5.94. The number of ether oxygens (including phenoxy) is 5. The number of hydrogen-bond acceptors (Lipinski definition) is 6. The fourth-order valence-corrected chi connectivity index (χ4v) is 3.44. The molecule has 1 amide bonds. The molecule has 0 fully saturated rings. The van der Waals surface area contributed by atoms with Crippen molar-refractivity contribution in [2.45, 2.75) is 20.0 Å². The fraction of sp³-hybridized carbons (Fsp3) is 0.296. The number of nitrogens with one attached hydrogen (secondary N) is 1. The number of rotatable bonds is 12. The molecular weight excluding hydrogens is 434 g/mol. The lowest BCUT2D eigenvalue weighted by Crippen LogP contribution is -2.25. The minimum atomic E-state index is -0.161. The summed E-state index contributed by atoms with van der Waals surface area (Å²) < 4.78 is 27.5. The number of benzene rings is 3. The average Bonchev–Trinajstić information content (AvgIpc) is 2.88. The smallest absolute Gasteiger partial charge is 0.251 e. The first-order valence-corrected chi connectivity index (χ1v) is 11.1. The minimum Gasteiger partial charge on any atom is -0.497 e. The van der Waals surface area contributed by atoms with Crippen LogP contribution in [-0.2, 0) is 13.0 Å². The third-order valence-corrected chi connectivity index (χ3v) is 5.21. The van der Waals surface area contributed by atoms with E-state index in [2.05, 4.69) is 5.32 Å². The summed E-state index contributed by atoms with van der Waals surface area (Å²) in [5, 5.41) is 2.97. The van der Waals surface area contributed by atoms with Crippen LogP contribution in [0.1, 0.15) is 28.4 Å².